The van der Waals surface area contributed by atoms with Crippen molar-refractivity contribution < 1.29 is 80.2 Å². The largest absolute Gasteiger partial charge is 0.472 e. The molecule has 17 nitrogen and oxygen atoms in total. The summed E-state index contributed by atoms with van der Waals surface area (Å²) in [6.07, 6.45) is 55.3. The summed E-state index contributed by atoms with van der Waals surface area (Å²) in [7, 11) is -9.92. The fraction of sp³-hybridized carbons (Fsp3) is 0.950. The zero-order chi connectivity index (χ0) is 73.1. The molecular weight excluding hydrogens is 1290 g/mol. The molecule has 0 rings (SSSR count). The molecule has 0 saturated heterocycles. The van der Waals surface area contributed by atoms with Gasteiger partial charge in [-0.05, 0) is 49.4 Å². The van der Waals surface area contributed by atoms with Gasteiger partial charge < -0.3 is 33.8 Å². The molecule has 0 aliphatic rings. The van der Waals surface area contributed by atoms with Gasteiger partial charge in [0.15, 0.2) is 12.2 Å². The molecule has 19 heteroatoms. The topological polar surface area (TPSA) is 237 Å². The first-order chi connectivity index (χ1) is 47.6. The quantitative estimate of drug-likeness (QED) is 0.0222. The molecule has 99 heavy (non-hydrogen) atoms. The molecule has 3 N–H and O–H groups in total. The van der Waals surface area contributed by atoms with Crippen molar-refractivity contribution in [1.82, 2.24) is 0 Å². The van der Waals surface area contributed by atoms with Crippen LogP contribution in [-0.4, -0.2) is 96.7 Å². The van der Waals surface area contributed by atoms with E-state index in [9.17, 15) is 43.2 Å². The standard InChI is InChI=1S/C80H156O17P2/c1-9-73(8)59-51-43-35-30-31-37-45-53-61-78(83)91-67-76(97-80(85)63-55-47-39-29-23-17-20-26-34-42-50-58-72(6)7)69-95-99(88,89)93-65-74(81)64-92-98(86,87)94-68-75(66-90-77(82)60-52-44-36-27-21-16-12-14-19-25-33-41-49-57-71(4)5)96-79(84)62-54-46-38-28-22-15-11-10-13-18-24-32-40-48-56-70(2)3/h70-76,81H,9-69H2,1-8H3,(H,86,87)(H,88,89)/t73?,74-,75-,76-/m1/s1. The fourth-order valence-electron chi connectivity index (χ4n) is 12.2. The first-order valence-electron chi connectivity index (χ1n) is 41.2. The van der Waals surface area contributed by atoms with Crippen molar-refractivity contribution >= 4 is 39.5 Å². The Bertz CT molecular complexity index is 1940. The van der Waals surface area contributed by atoms with Crippen LogP contribution in [0.3, 0.4) is 0 Å². The summed E-state index contributed by atoms with van der Waals surface area (Å²) >= 11 is 0. The van der Waals surface area contributed by atoms with Crippen molar-refractivity contribution in [2.24, 2.45) is 23.7 Å². The van der Waals surface area contributed by atoms with E-state index in [4.69, 9.17) is 37.0 Å². The Hall–Kier alpha value is -1.94. The molecule has 0 fully saturated rings. The number of aliphatic hydroxyl groups excluding tert-OH is 1. The summed E-state index contributed by atoms with van der Waals surface area (Å²) in [4.78, 5) is 73.0. The van der Waals surface area contributed by atoms with E-state index in [0.29, 0.717) is 25.7 Å². The van der Waals surface area contributed by atoms with Gasteiger partial charge in [-0.2, -0.15) is 0 Å². The summed E-state index contributed by atoms with van der Waals surface area (Å²) in [5.41, 5.74) is 0. The van der Waals surface area contributed by atoms with Gasteiger partial charge in [-0.15, -0.1) is 0 Å². The molecule has 0 heterocycles. The van der Waals surface area contributed by atoms with Crippen LogP contribution in [0.5, 0.6) is 0 Å². The third kappa shape index (κ3) is 72.8. The molecule has 0 aromatic carbocycles. The minimum absolute atomic E-state index is 0.106. The van der Waals surface area contributed by atoms with Crippen molar-refractivity contribution in [3.8, 4) is 0 Å². The molecule has 3 unspecified atom stereocenters. The fourth-order valence-corrected chi connectivity index (χ4v) is 13.8. The van der Waals surface area contributed by atoms with E-state index in [2.05, 4.69) is 55.4 Å². The molecule has 0 bridgehead atoms. The smallest absolute Gasteiger partial charge is 0.462 e. The normalized spacial score (nSPS) is 14.3. The van der Waals surface area contributed by atoms with Crippen LogP contribution in [0.25, 0.3) is 0 Å². The number of phosphoric ester groups is 2. The van der Waals surface area contributed by atoms with E-state index >= 15 is 0 Å². The van der Waals surface area contributed by atoms with E-state index in [1.165, 1.54) is 212 Å². The summed E-state index contributed by atoms with van der Waals surface area (Å²) < 4.78 is 68.7. The Kier molecular flexibility index (Phi) is 67.8. The van der Waals surface area contributed by atoms with Crippen LogP contribution in [0.2, 0.25) is 0 Å². The van der Waals surface area contributed by atoms with Crippen LogP contribution in [0.4, 0.5) is 0 Å². The van der Waals surface area contributed by atoms with E-state index in [0.717, 1.165) is 114 Å². The molecule has 0 aromatic rings. The van der Waals surface area contributed by atoms with Gasteiger partial charge in [-0.3, -0.25) is 37.3 Å². The van der Waals surface area contributed by atoms with Crippen LogP contribution in [0.15, 0.2) is 0 Å². The maximum atomic E-state index is 13.1. The van der Waals surface area contributed by atoms with Crippen LogP contribution < -0.4 is 0 Å². The van der Waals surface area contributed by atoms with Gasteiger partial charge >= 0.3 is 39.5 Å². The minimum Gasteiger partial charge on any atom is -0.462 e. The highest BCUT2D eigenvalue weighted by molar-refractivity contribution is 7.47. The Morgan fingerprint density at radius 2 is 0.485 bits per heavy atom. The number of hydrogen-bond donors (Lipinski definition) is 3. The lowest BCUT2D eigenvalue weighted by Crippen LogP contribution is -2.30. The zero-order valence-electron chi connectivity index (χ0n) is 65.1. The number of hydrogen-bond acceptors (Lipinski definition) is 15. The van der Waals surface area contributed by atoms with Gasteiger partial charge in [-0.1, -0.05) is 357 Å². The van der Waals surface area contributed by atoms with Crippen LogP contribution in [0.1, 0.15) is 409 Å². The monoisotopic (exact) mass is 1450 g/mol. The second-order valence-corrected chi connectivity index (χ2v) is 33.4. The van der Waals surface area contributed by atoms with Crippen LogP contribution >= 0.6 is 15.6 Å². The Labute approximate surface area is 607 Å². The van der Waals surface area contributed by atoms with E-state index in [1.54, 1.807) is 0 Å². The number of carbonyl (C=O) groups is 4. The van der Waals surface area contributed by atoms with E-state index < -0.39 is 97.5 Å². The van der Waals surface area contributed by atoms with Crippen LogP contribution in [0, 0.1) is 23.7 Å². The number of carbonyl (C=O) groups excluding carboxylic acids is 4. The molecule has 0 spiro atoms. The molecule has 0 aliphatic heterocycles. The van der Waals surface area contributed by atoms with Crippen LogP contribution in [-0.2, 0) is 65.4 Å². The molecule has 0 radical (unpaired) electrons. The van der Waals surface area contributed by atoms with E-state index in [-0.39, 0.29) is 25.7 Å². The van der Waals surface area contributed by atoms with Gasteiger partial charge in [-0.25, -0.2) is 9.13 Å². The summed E-state index contributed by atoms with van der Waals surface area (Å²) in [5.74, 6) is 1.01. The minimum atomic E-state index is -4.96. The number of aliphatic hydroxyl groups is 1. The number of ether oxygens (including phenoxy) is 4. The molecule has 0 amide bonds. The lowest BCUT2D eigenvalue weighted by atomic mass is 9.99. The SMILES string of the molecule is CCC(C)CCCCCCCCCCC(=O)OC[C@H](COP(=O)(O)OC[C@H](O)COP(=O)(O)OC[C@@H](COC(=O)CCCCCCCCCCCCCCCC(C)C)OC(=O)CCCCCCCCCCCCCCCCC(C)C)OC(=O)CCCCCCCCCCCCCC(C)C. The Morgan fingerprint density at radius 3 is 0.717 bits per heavy atom. The summed E-state index contributed by atoms with van der Waals surface area (Å²) in [6.45, 7) is 14.3. The third-order valence-electron chi connectivity index (χ3n) is 18.9. The zero-order valence-corrected chi connectivity index (χ0v) is 66.9. The first kappa shape index (κ1) is 97.1. The van der Waals surface area contributed by atoms with Crippen molar-refractivity contribution in [2.75, 3.05) is 39.6 Å². The first-order valence-corrected chi connectivity index (χ1v) is 44.2. The second-order valence-electron chi connectivity index (χ2n) is 30.5. The lowest BCUT2D eigenvalue weighted by Gasteiger charge is -2.21. The number of phosphoric acid groups is 2. The Balaban J connectivity index is 5.28. The van der Waals surface area contributed by atoms with Crippen molar-refractivity contribution in [3.05, 3.63) is 0 Å². The summed E-state index contributed by atoms with van der Waals surface area (Å²) in [6, 6.07) is 0. The average Bonchev–Trinajstić information content (AvgIpc) is 1.16. The molecule has 0 saturated carbocycles. The number of esters is 4. The van der Waals surface area contributed by atoms with Gasteiger partial charge in [0.05, 0.1) is 26.4 Å². The maximum absolute atomic E-state index is 13.1. The molecule has 6 atom stereocenters. The van der Waals surface area contributed by atoms with Gasteiger partial charge in [0.25, 0.3) is 0 Å². The van der Waals surface area contributed by atoms with Crippen molar-refractivity contribution in [3.63, 3.8) is 0 Å². The van der Waals surface area contributed by atoms with Gasteiger partial charge in [0.1, 0.15) is 19.3 Å². The maximum Gasteiger partial charge on any atom is 0.472 e. The van der Waals surface area contributed by atoms with Gasteiger partial charge in [0, 0.05) is 25.7 Å². The highest BCUT2D eigenvalue weighted by Gasteiger charge is 2.30. The third-order valence-corrected chi connectivity index (χ3v) is 20.8. The van der Waals surface area contributed by atoms with Crippen molar-refractivity contribution in [1.29, 1.82) is 0 Å². The molecular formula is C80H156O17P2. The highest BCUT2D eigenvalue weighted by Crippen LogP contribution is 2.45. The predicted molar refractivity (Wildman–Crippen MR) is 404 cm³/mol. The van der Waals surface area contributed by atoms with E-state index in [1.807, 2.05) is 0 Å². The average molecular weight is 1450 g/mol. The second kappa shape index (κ2) is 69.1. The molecule has 588 valence electrons. The van der Waals surface area contributed by atoms with Gasteiger partial charge in [0.2, 0.25) is 0 Å². The van der Waals surface area contributed by atoms with Crippen molar-refractivity contribution in [2.45, 2.75) is 427 Å². The summed E-state index contributed by atoms with van der Waals surface area (Å²) in [5, 5.41) is 10.6. The highest BCUT2D eigenvalue weighted by atomic mass is 31.2. The predicted octanol–water partition coefficient (Wildman–Crippen LogP) is 23.6. The Morgan fingerprint density at radius 1 is 0.283 bits per heavy atom. The number of rotatable bonds is 77. The lowest BCUT2D eigenvalue weighted by molar-refractivity contribution is -0.161. The number of unbranched alkanes of at least 4 members (excludes halogenated alkanes) is 42. The molecule has 0 aliphatic carbocycles. The molecule has 0 aromatic heterocycles.